The third-order valence-corrected chi connectivity index (χ3v) is 4.14. The van der Waals surface area contributed by atoms with Crippen LogP contribution >= 0.6 is 7.82 Å². The molecule has 6 nitrogen and oxygen atoms in total. The fourth-order valence-corrected chi connectivity index (χ4v) is 2.73. The number of alkyl halides is 6. The minimum absolute atomic E-state index is 0.149. The maximum atomic E-state index is 13.6. The molecule has 1 N–H and O–H groups in total. The van der Waals surface area contributed by atoms with E-state index >= 15 is 0 Å². The van der Waals surface area contributed by atoms with Gasteiger partial charge in [0.2, 0.25) is 0 Å². The zero-order valence-electron chi connectivity index (χ0n) is 14.8. The van der Waals surface area contributed by atoms with Crippen molar-refractivity contribution in [3.8, 4) is 11.5 Å². The number of benzene rings is 2. The minimum atomic E-state index is -5.12. The molecule has 2 aromatic rings. The first-order valence-electron chi connectivity index (χ1n) is 7.84. The smallest absolute Gasteiger partial charge is 0.403 e. The molecule has 172 valence electrons. The van der Waals surface area contributed by atoms with Gasteiger partial charge < -0.3 is 14.4 Å². The SMILES string of the molecule is O=P(O)(OCc1ccc(OC(F)(F)F)c(F)c1)OCc1ccc(OC(F)(F)F)c(F)c1. The van der Waals surface area contributed by atoms with Crippen LogP contribution in [0.1, 0.15) is 11.1 Å². The highest BCUT2D eigenvalue weighted by Crippen LogP contribution is 2.45. The van der Waals surface area contributed by atoms with Gasteiger partial charge in [-0.05, 0) is 35.4 Å². The number of phosphoric ester groups is 1. The maximum absolute atomic E-state index is 13.6. The van der Waals surface area contributed by atoms with Gasteiger partial charge in [0.15, 0.2) is 23.1 Å². The predicted octanol–water partition coefficient (Wildman–Crippen LogP) is 5.60. The molecule has 0 aliphatic rings. The molecule has 0 bridgehead atoms. The van der Waals surface area contributed by atoms with Gasteiger partial charge in [-0.3, -0.25) is 9.05 Å². The number of hydrogen-bond acceptors (Lipinski definition) is 5. The summed E-state index contributed by atoms with van der Waals surface area (Å²) in [5.74, 6) is -5.08. The lowest BCUT2D eigenvalue weighted by Crippen LogP contribution is -2.18. The van der Waals surface area contributed by atoms with Crippen molar-refractivity contribution >= 4 is 7.82 Å². The van der Waals surface area contributed by atoms with E-state index in [0.717, 1.165) is 12.1 Å². The van der Waals surface area contributed by atoms with Crippen molar-refractivity contribution in [1.29, 1.82) is 0 Å². The van der Waals surface area contributed by atoms with E-state index in [4.69, 9.17) is 0 Å². The fraction of sp³-hybridized carbons (Fsp3) is 0.250. The van der Waals surface area contributed by atoms with Crippen molar-refractivity contribution in [2.75, 3.05) is 0 Å². The van der Waals surface area contributed by atoms with Crippen LogP contribution in [0.15, 0.2) is 36.4 Å². The second-order valence-electron chi connectivity index (χ2n) is 5.64. The molecule has 31 heavy (non-hydrogen) atoms. The van der Waals surface area contributed by atoms with Gasteiger partial charge in [-0.25, -0.2) is 13.3 Å². The van der Waals surface area contributed by atoms with Gasteiger partial charge in [0.25, 0.3) is 0 Å². The molecule has 0 spiro atoms. The van der Waals surface area contributed by atoms with Crippen LogP contribution in [0.2, 0.25) is 0 Å². The molecule has 0 aliphatic carbocycles. The third kappa shape index (κ3) is 8.69. The average Bonchev–Trinajstić information content (AvgIpc) is 2.60. The van der Waals surface area contributed by atoms with E-state index in [1.165, 1.54) is 0 Å². The highest BCUT2D eigenvalue weighted by molar-refractivity contribution is 7.47. The molecular formula is C16H11F8O6P. The zero-order chi connectivity index (χ0) is 23.4. The summed E-state index contributed by atoms with van der Waals surface area (Å²) in [4.78, 5) is 9.57. The summed E-state index contributed by atoms with van der Waals surface area (Å²) >= 11 is 0. The molecular weight excluding hydrogens is 471 g/mol. The van der Waals surface area contributed by atoms with Gasteiger partial charge in [-0.1, -0.05) is 12.1 Å². The first-order chi connectivity index (χ1) is 14.1. The van der Waals surface area contributed by atoms with Crippen molar-refractivity contribution in [3.63, 3.8) is 0 Å². The molecule has 15 heteroatoms. The Balaban J connectivity index is 1.93. The van der Waals surface area contributed by atoms with Crippen molar-refractivity contribution < 1.29 is 63.1 Å². The minimum Gasteiger partial charge on any atom is -0.403 e. The van der Waals surface area contributed by atoms with E-state index in [9.17, 15) is 44.6 Å². The van der Waals surface area contributed by atoms with Crippen LogP contribution in [-0.4, -0.2) is 17.6 Å². The van der Waals surface area contributed by atoms with E-state index in [0.29, 0.717) is 24.3 Å². The molecule has 0 heterocycles. The second-order valence-corrected chi connectivity index (χ2v) is 7.09. The molecule has 2 aromatic carbocycles. The summed E-state index contributed by atoms with van der Waals surface area (Å²) in [5.41, 5.74) is -0.297. The van der Waals surface area contributed by atoms with Gasteiger partial charge in [-0.2, -0.15) is 0 Å². The number of phosphoric acid groups is 1. The summed E-state index contributed by atoms with van der Waals surface area (Å²) in [6, 6.07) is 4.24. The van der Waals surface area contributed by atoms with Crippen molar-refractivity contribution in [2.24, 2.45) is 0 Å². The molecule has 0 aromatic heterocycles. The first kappa shape index (κ1) is 24.9. The summed E-state index contributed by atoms with van der Waals surface area (Å²) in [6.07, 6.45) is -10.2. The third-order valence-electron chi connectivity index (χ3n) is 3.23. The summed E-state index contributed by atoms with van der Waals surface area (Å²) in [6.45, 7) is -1.52. The molecule has 2 rings (SSSR count). The molecule has 0 saturated carbocycles. The van der Waals surface area contributed by atoms with Crippen LogP contribution in [0.25, 0.3) is 0 Å². The Bertz CT molecular complexity index is 889. The topological polar surface area (TPSA) is 74.2 Å². The normalized spacial score (nSPS) is 12.7. The molecule has 0 fully saturated rings. The number of rotatable bonds is 8. The van der Waals surface area contributed by atoms with Crippen LogP contribution in [0.5, 0.6) is 11.5 Å². The molecule has 0 unspecified atom stereocenters. The van der Waals surface area contributed by atoms with Crippen molar-refractivity contribution in [3.05, 3.63) is 59.2 Å². The Morgan fingerprint density at radius 2 is 1.10 bits per heavy atom. The Morgan fingerprint density at radius 1 is 0.742 bits per heavy atom. The number of hydrogen-bond donors (Lipinski definition) is 1. The molecule has 0 saturated heterocycles. The van der Waals surface area contributed by atoms with E-state index in [1.54, 1.807) is 0 Å². The molecule has 0 atom stereocenters. The Hall–Kier alpha value is -2.41. The lowest BCUT2D eigenvalue weighted by Gasteiger charge is -2.14. The van der Waals surface area contributed by atoms with E-state index < -0.39 is 56.9 Å². The van der Waals surface area contributed by atoms with Crippen molar-refractivity contribution in [1.82, 2.24) is 0 Å². The standard InChI is InChI=1S/C16H11F8O6P/c17-11-5-9(1-3-13(11)29-15(19,20)21)7-27-31(25,26)28-8-10-2-4-14(12(18)6-10)30-16(22,23)24/h1-6H,7-8H2,(H,25,26). The molecule has 0 radical (unpaired) electrons. The van der Waals surface area contributed by atoms with Crippen LogP contribution in [0.4, 0.5) is 35.1 Å². The van der Waals surface area contributed by atoms with Gasteiger partial charge in [0, 0.05) is 0 Å². The Labute approximate surface area is 168 Å². The zero-order valence-corrected chi connectivity index (χ0v) is 15.7. The quantitative estimate of drug-likeness (QED) is 0.391. The van der Waals surface area contributed by atoms with E-state index in [2.05, 4.69) is 18.5 Å². The average molecular weight is 482 g/mol. The van der Waals surface area contributed by atoms with Crippen LogP contribution < -0.4 is 9.47 Å². The summed E-state index contributed by atoms with van der Waals surface area (Å²) in [7, 11) is -4.81. The molecule has 0 amide bonds. The number of halogens is 8. The van der Waals surface area contributed by atoms with Gasteiger partial charge >= 0.3 is 20.5 Å². The maximum Gasteiger partial charge on any atom is 0.573 e. The summed E-state index contributed by atoms with van der Waals surface area (Å²) in [5, 5.41) is 0. The largest absolute Gasteiger partial charge is 0.573 e. The lowest BCUT2D eigenvalue weighted by molar-refractivity contribution is -0.276. The number of ether oxygens (including phenoxy) is 2. The lowest BCUT2D eigenvalue weighted by atomic mass is 10.2. The van der Waals surface area contributed by atoms with Crippen LogP contribution in [0.3, 0.4) is 0 Å². The predicted molar refractivity (Wildman–Crippen MR) is 85.6 cm³/mol. The van der Waals surface area contributed by atoms with Crippen LogP contribution in [-0.2, 0) is 26.8 Å². The Morgan fingerprint density at radius 3 is 1.39 bits per heavy atom. The second kappa shape index (κ2) is 9.39. The van der Waals surface area contributed by atoms with E-state index in [1.807, 2.05) is 0 Å². The first-order valence-corrected chi connectivity index (χ1v) is 9.33. The molecule has 0 aliphatic heterocycles. The summed E-state index contributed by atoms with van der Waals surface area (Å²) < 4.78 is 127. The monoisotopic (exact) mass is 482 g/mol. The Kier molecular flexibility index (Phi) is 7.53. The van der Waals surface area contributed by atoms with Gasteiger partial charge in [0.1, 0.15) is 0 Å². The van der Waals surface area contributed by atoms with Crippen LogP contribution in [0, 0.1) is 11.6 Å². The highest BCUT2D eigenvalue weighted by atomic mass is 31.2. The van der Waals surface area contributed by atoms with E-state index in [-0.39, 0.29) is 11.1 Å². The fourth-order valence-electron chi connectivity index (χ4n) is 2.03. The highest BCUT2D eigenvalue weighted by Gasteiger charge is 2.33. The van der Waals surface area contributed by atoms with Gasteiger partial charge in [0.05, 0.1) is 13.2 Å². The van der Waals surface area contributed by atoms with Gasteiger partial charge in [-0.15, -0.1) is 26.3 Å². The van der Waals surface area contributed by atoms with Crippen molar-refractivity contribution in [2.45, 2.75) is 25.9 Å².